The van der Waals surface area contributed by atoms with Crippen LogP contribution in [0.25, 0.3) is 0 Å². The van der Waals surface area contributed by atoms with E-state index in [2.05, 4.69) is 37.8 Å². The Hall–Kier alpha value is -3.26. The van der Waals surface area contributed by atoms with Gasteiger partial charge in [-0.15, -0.1) is 0 Å². The zero-order valence-corrected chi connectivity index (χ0v) is 17.1. The highest BCUT2D eigenvalue weighted by molar-refractivity contribution is 6.02. The van der Waals surface area contributed by atoms with Crippen LogP contribution in [0.1, 0.15) is 5.56 Å². The first-order valence-electron chi connectivity index (χ1n) is 10.2. The minimum absolute atomic E-state index is 0.137. The molecule has 0 spiro atoms. The van der Waals surface area contributed by atoms with Gasteiger partial charge in [-0.25, -0.2) is 0 Å². The van der Waals surface area contributed by atoms with E-state index in [0.29, 0.717) is 12.4 Å². The predicted molar refractivity (Wildman–Crippen MR) is 116 cm³/mol. The largest absolute Gasteiger partial charge is 0.495 e. The normalized spacial score (nSPS) is 17.0. The smallest absolute Gasteiger partial charge is 0.260 e. The molecule has 0 bridgehead atoms. The van der Waals surface area contributed by atoms with Gasteiger partial charge < -0.3 is 14.4 Å². The molecule has 0 saturated carbocycles. The van der Waals surface area contributed by atoms with Gasteiger partial charge >= 0.3 is 0 Å². The number of methoxy groups -OCH3 is 1. The van der Waals surface area contributed by atoms with Crippen molar-refractivity contribution in [2.75, 3.05) is 57.9 Å². The minimum Gasteiger partial charge on any atom is -0.495 e. The van der Waals surface area contributed by atoms with Gasteiger partial charge in [-0.05, 0) is 36.4 Å². The number of carbonyl (C=O) groups excluding carboxylic acids is 1. The van der Waals surface area contributed by atoms with Gasteiger partial charge in [-0.1, -0.05) is 12.1 Å². The second-order valence-electron chi connectivity index (χ2n) is 7.21. The Bertz CT molecular complexity index is 892. The van der Waals surface area contributed by atoms with Gasteiger partial charge in [-0.3, -0.25) is 25.5 Å². The van der Waals surface area contributed by atoms with Crippen LogP contribution < -0.4 is 25.2 Å². The number of hydrazine groups is 1. The van der Waals surface area contributed by atoms with Crippen molar-refractivity contribution in [3.8, 4) is 11.5 Å². The molecule has 0 radical (unpaired) electrons. The zero-order chi connectivity index (χ0) is 20.8. The number of rotatable bonds is 7. The molecule has 8 heteroatoms. The lowest BCUT2D eigenvalue weighted by Gasteiger charge is -2.36. The summed E-state index contributed by atoms with van der Waals surface area (Å²) in [6.45, 7) is 5.62. The number of piperazine rings is 1. The summed E-state index contributed by atoms with van der Waals surface area (Å²) in [5, 5.41) is 0. The van der Waals surface area contributed by atoms with Crippen LogP contribution in [0.3, 0.4) is 0 Å². The lowest BCUT2D eigenvalue weighted by atomic mass is 10.2. The summed E-state index contributed by atoms with van der Waals surface area (Å²) in [6, 6.07) is 15.9. The van der Waals surface area contributed by atoms with E-state index in [1.165, 1.54) is 0 Å². The fourth-order valence-corrected chi connectivity index (χ4v) is 3.63. The van der Waals surface area contributed by atoms with Gasteiger partial charge in [0.25, 0.3) is 5.91 Å². The van der Waals surface area contributed by atoms with Gasteiger partial charge in [0.1, 0.15) is 30.5 Å². The molecule has 2 aromatic rings. The minimum atomic E-state index is -0.137. The number of amides is 1. The van der Waals surface area contributed by atoms with E-state index in [1.54, 1.807) is 7.11 Å². The predicted octanol–water partition coefficient (Wildman–Crippen LogP) is 1.28. The number of amidine groups is 1. The molecule has 8 nitrogen and oxygen atoms in total. The molecule has 2 aromatic carbocycles. The second kappa shape index (κ2) is 9.49. The molecule has 2 heterocycles. The molecule has 2 aliphatic rings. The molecule has 0 unspecified atom stereocenters. The highest BCUT2D eigenvalue weighted by atomic mass is 16.5. The molecule has 0 atom stereocenters. The summed E-state index contributed by atoms with van der Waals surface area (Å²) >= 11 is 0. The van der Waals surface area contributed by atoms with Crippen molar-refractivity contribution in [2.24, 2.45) is 4.99 Å². The van der Waals surface area contributed by atoms with Crippen molar-refractivity contribution in [1.82, 2.24) is 15.8 Å². The number of benzene rings is 2. The summed E-state index contributed by atoms with van der Waals surface area (Å²) in [5.74, 6) is 2.28. The maximum atomic E-state index is 11.1. The van der Waals surface area contributed by atoms with Gasteiger partial charge in [0, 0.05) is 38.3 Å². The standard InChI is InChI=1S/C22H27N5O3/c1-29-20-5-3-2-4-19(20)27-12-10-26(11-13-27)14-15-30-18-8-6-17(7-9-18)22-23-16-21(28)24-25-22/h2-9H,10-16H2,1H3,(H,23,25)(H,24,28). The van der Waals surface area contributed by atoms with Crippen LogP contribution in [0.5, 0.6) is 11.5 Å². The molecule has 1 fully saturated rings. The lowest BCUT2D eigenvalue weighted by molar-refractivity contribution is -0.120. The molecule has 30 heavy (non-hydrogen) atoms. The van der Waals surface area contributed by atoms with E-state index in [1.807, 2.05) is 36.4 Å². The summed E-state index contributed by atoms with van der Waals surface area (Å²) in [4.78, 5) is 20.2. The summed E-state index contributed by atoms with van der Waals surface area (Å²) < 4.78 is 11.4. The Labute approximate surface area is 176 Å². The SMILES string of the molecule is COc1ccccc1N1CCN(CCOc2ccc(C3=NCC(=O)NN3)cc2)CC1. The number of aliphatic imine (C=N–C) groups is 1. The maximum absolute atomic E-state index is 11.1. The van der Waals surface area contributed by atoms with Crippen LogP contribution >= 0.6 is 0 Å². The molecule has 2 N–H and O–H groups in total. The van der Waals surface area contributed by atoms with Crippen molar-refractivity contribution in [2.45, 2.75) is 0 Å². The number of carbonyl (C=O) groups is 1. The van der Waals surface area contributed by atoms with E-state index in [4.69, 9.17) is 9.47 Å². The first kappa shape index (κ1) is 20.0. The van der Waals surface area contributed by atoms with Crippen molar-refractivity contribution in [1.29, 1.82) is 0 Å². The summed E-state index contributed by atoms with van der Waals surface area (Å²) in [5.41, 5.74) is 7.44. The maximum Gasteiger partial charge on any atom is 0.260 e. The molecular formula is C22H27N5O3. The highest BCUT2D eigenvalue weighted by Crippen LogP contribution is 2.28. The number of hydrogen-bond acceptors (Lipinski definition) is 7. The number of ether oxygens (including phenoxy) is 2. The zero-order valence-electron chi connectivity index (χ0n) is 17.1. The second-order valence-corrected chi connectivity index (χ2v) is 7.21. The van der Waals surface area contributed by atoms with E-state index in [-0.39, 0.29) is 12.5 Å². The highest BCUT2D eigenvalue weighted by Gasteiger charge is 2.19. The van der Waals surface area contributed by atoms with Gasteiger partial charge in [-0.2, -0.15) is 0 Å². The van der Waals surface area contributed by atoms with E-state index < -0.39 is 0 Å². The van der Waals surface area contributed by atoms with Gasteiger partial charge in [0.15, 0.2) is 0 Å². The van der Waals surface area contributed by atoms with Crippen LogP contribution in [0.2, 0.25) is 0 Å². The third-order valence-electron chi connectivity index (χ3n) is 5.30. The van der Waals surface area contributed by atoms with Crippen LogP contribution in [-0.2, 0) is 4.79 Å². The Morgan fingerprint density at radius 1 is 1.00 bits per heavy atom. The molecule has 1 saturated heterocycles. The molecule has 2 aliphatic heterocycles. The number of nitrogens with zero attached hydrogens (tertiary/aromatic N) is 3. The van der Waals surface area contributed by atoms with Gasteiger partial charge in [0.05, 0.1) is 12.8 Å². The van der Waals surface area contributed by atoms with E-state index in [9.17, 15) is 4.79 Å². The Morgan fingerprint density at radius 3 is 2.47 bits per heavy atom. The molecule has 1 amide bonds. The quantitative estimate of drug-likeness (QED) is 0.717. The number of nitrogens with one attached hydrogen (secondary N) is 2. The van der Waals surface area contributed by atoms with Crippen molar-refractivity contribution in [3.63, 3.8) is 0 Å². The van der Waals surface area contributed by atoms with Crippen LogP contribution in [0, 0.1) is 0 Å². The van der Waals surface area contributed by atoms with Crippen LogP contribution in [0.4, 0.5) is 5.69 Å². The summed E-state index contributed by atoms with van der Waals surface area (Å²) in [7, 11) is 1.72. The molecule has 158 valence electrons. The van der Waals surface area contributed by atoms with Crippen LogP contribution in [0.15, 0.2) is 53.5 Å². The Morgan fingerprint density at radius 2 is 1.77 bits per heavy atom. The monoisotopic (exact) mass is 409 g/mol. The topological polar surface area (TPSA) is 78.4 Å². The Balaban J connectivity index is 1.21. The fraction of sp³-hybridized carbons (Fsp3) is 0.364. The van der Waals surface area contributed by atoms with Crippen molar-refractivity contribution in [3.05, 3.63) is 54.1 Å². The number of anilines is 1. The average Bonchev–Trinajstić information content (AvgIpc) is 2.80. The molecule has 0 aliphatic carbocycles. The third kappa shape index (κ3) is 4.83. The Kier molecular flexibility index (Phi) is 6.34. The lowest BCUT2D eigenvalue weighted by Crippen LogP contribution is -2.47. The molecular weight excluding hydrogens is 382 g/mol. The van der Waals surface area contributed by atoms with E-state index in [0.717, 1.165) is 55.5 Å². The van der Waals surface area contributed by atoms with Gasteiger partial charge in [0.2, 0.25) is 0 Å². The summed E-state index contributed by atoms with van der Waals surface area (Å²) in [6.07, 6.45) is 0. The number of hydrogen-bond donors (Lipinski definition) is 2. The van der Waals surface area contributed by atoms with Crippen molar-refractivity contribution < 1.29 is 14.3 Å². The average molecular weight is 409 g/mol. The first-order valence-corrected chi connectivity index (χ1v) is 10.2. The van der Waals surface area contributed by atoms with E-state index >= 15 is 0 Å². The van der Waals surface area contributed by atoms with Crippen molar-refractivity contribution >= 4 is 17.4 Å². The molecule has 0 aromatic heterocycles. The molecule has 4 rings (SSSR count). The number of para-hydroxylation sites is 2. The third-order valence-corrected chi connectivity index (χ3v) is 5.30. The fourth-order valence-electron chi connectivity index (χ4n) is 3.63. The van der Waals surface area contributed by atoms with Crippen LogP contribution in [-0.4, -0.2) is 69.6 Å². The first-order chi connectivity index (χ1) is 14.7.